The van der Waals surface area contributed by atoms with E-state index in [2.05, 4.69) is 40.0 Å². The zero-order chi connectivity index (χ0) is 29.3. The molecule has 3 heterocycles. The first-order chi connectivity index (χ1) is 19.6. The quantitative estimate of drug-likeness (QED) is 0.302. The molecule has 0 bridgehead atoms. The summed E-state index contributed by atoms with van der Waals surface area (Å²) in [7, 11) is -2.47. The van der Waals surface area contributed by atoms with Crippen LogP contribution >= 0.6 is 0 Å². The number of hydrogen-bond donors (Lipinski definition) is 4. The fourth-order valence-corrected chi connectivity index (χ4v) is 6.19. The number of aliphatic hydroxyl groups excluding tert-OH is 3. The van der Waals surface area contributed by atoms with Gasteiger partial charge in [0.25, 0.3) is 10.0 Å². The predicted molar refractivity (Wildman–Crippen MR) is 154 cm³/mol. The highest BCUT2D eigenvalue weighted by Gasteiger charge is 2.42. The minimum Gasteiger partial charge on any atom is -0.388 e. The Bertz CT molecular complexity index is 1590. The van der Waals surface area contributed by atoms with Crippen molar-refractivity contribution in [3.05, 3.63) is 59.1 Å². The molecular weight excluding hydrogens is 548 g/mol. The molecule has 0 aliphatic carbocycles. The molecule has 3 aromatic rings. The average molecular weight is 583 g/mol. The van der Waals surface area contributed by atoms with E-state index in [0.29, 0.717) is 5.69 Å². The highest BCUT2D eigenvalue weighted by molar-refractivity contribution is 7.93. The van der Waals surface area contributed by atoms with Crippen LogP contribution in [0, 0.1) is 11.3 Å². The number of fused-ring (bicyclic) bond motifs is 1. The summed E-state index contributed by atoms with van der Waals surface area (Å²) in [6.07, 6.45) is -4.91. The van der Waals surface area contributed by atoms with E-state index < -0.39 is 45.4 Å². The van der Waals surface area contributed by atoms with Crippen LogP contribution in [-0.4, -0.2) is 91.7 Å². The molecule has 2 aliphatic rings. The van der Waals surface area contributed by atoms with Crippen molar-refractivity contribution in [3.8, 4) is 17.3 Å². The summed E-state index contributed by atoms with van der Waals surface area (Å²) < 4.78 is 40.9. The van der Waals surface area contributed by atoms with Gasteiger partial charge >= 0.3 is 0 Å². The van der Waals surface area contributed by atoms with Gasteiger partial charge in [0.1, 0.15) is 30.5 Å². The molecule has 5 rings (SSSR count). The molecule has 5 atom stereocenters. The molecule has 2 saturated heterocycles. The maximum atomic E-state index is 12.9. The normalized spacial score (nSPS) is 25.8. The first-order valence-electron chi connectivity index (χ1n) is 13.4. The molecule has 0 spiro atoms. The summed E-state index contributed by atoms with van der Waals surface area (Å²) in [6.45, 7) is 4.29. The summed E-state index contributed by atoms with van der Waals surface area (Å²) in [4.78, 5) is 1.79. The smallest absolute Gasteiger partial charge is 0.250 e. The number of anilines is 1. The van der Waals surface area contributed by atoms with Crippen molar-refractivity contribution >= 4 is 32.6 Å². The molecule has 5 unspecified atom stereocenters. The number of aliphatic hydroxyl groups is 3. The van der Waals surface area contributed by atoms with E-state index in [1.54, 1.807) is 19.2 Å². The van der Waals surface area contributed by atoms with Crippen LogP contribution in [0.3, 0.4) is 0 Å². The summed E-state index contributed by atoms with van der Waals surface area (Å²) in [5.74, 6) is 0. The Balaban J connectivity index is 1.33. The van der Waals surface area contributed by atoms with E-state index in [1.165, 1.54) is 13.0 Å². The number of sulfonamides is 1. The minimum absolute atomic E-state index is 0.390. The zero-order valence-electron chi connectivity index (χ0n) is 22.8. The maximum absolute atomic E-state index is 12.9. The molecular formula is C29H34N4O7S. The van der Waals surface area contributed by atoms with Crippen LogP contribution in [0.1, 0.15) is 12.6 Å². The second-order valence-corrected chi connectivity index (χ2v) is 12.1. The number of morpholine rings is 1. The number of rotatable bonds is 7. The van der Waals surface area contributed by atoms with Crippen molar-refractivity contribution in [1.82, 2.24) is 9.29 Å². The van der Waals surface area contributed by atoms with Crippen LogP contribution in [0.2, 0.25) is 0 Å². The number of allylic oxidation sites excluding steroid dienone is 1. The largest absolute Gasteiger partial charge is 0.388 e. The first-order valence-corrected chi connectivity index (χ1v) is 14.9. The maximum Gasteiger partial charge on any atom is 0.250 e. The van der Waals surface area contributed by atoms with Crippen LogP contribution in [-0.2, 0) is 26.5 Å². The molecule has 0 amide bonds. The Kier molecular flexibility index (Phi) is 8.49. The van der Waals surface area contributed by atoms with Gasteiger partial charge in [0, 0.05) is 43.8 Å². The van der Waals surface area contributed by atoms with Crippen LogP contribution in [0.15, 0.2) is 53.4 Å². The van der Waals surface area contributed by atoms with Gasteiger partial charge in [-0.1, -0.05) is 18.2 Å². The monoisotopic (exact) mass is 582 g/mol. The Labute approximate surface area is 238 Å². The molecule has 11 nitrogen and oxygen atoms in total. The van der Waals surface area contributed by atoms with Crippen LogP contribution in [0.25, 0.3) is 28.1 Å². The molecule has 1 aromatic heterocycles. The number of ether oxygens (including phenoxy) is 2. The highest BCUT2D eigenvalue weighted by atomic mass is 32.2. The topological polar surface area (TPSA) is 157 Å². The molecule has 2 aromatic carbocycles. The molecule has 2 aliphatic heterocycles. The van der Waals surface area contributed by atoms with Gasteiger partial charge in [0.05, 0.1) is 19.3 Å². The van der Waals surface area contributed by atoms with Gasteiger partial charge < -0.3 is 34.3 Å². The Morgan fingerprint density at radius 2 is 1.76 bits per heavy atom. The van der Waals surface area contributed by atoms with Gasteiger partial charge in [-0.2, -0.15) is 5.26 Å². The number of nitriles is 1. The lowest BCUT2D eigenvalue weighted by Crippen LogP contribution is -2.59. The third kappa shape index (κ3) is 6.02. The lowest BCUT2D eigenvalue weighted by Gasteiger charge is -2.39. The predicted octanol–water partition coefficient (Wildman–Crippen LogP) is 1.34. The number of nitrogens with one attached hydrogen (secondary N) is 1. The molecule has 218 valence electrons. The fraction of sp³-hybridized carbons (Fsp3) is 0.414. The van der Waals surface area contributed by atoms with Crippen LogP contribution < -0.4 is 9.62 Å². The van der Waals surface area contributed by atoms with Crippen molar-refractivity contribution in [2.45, 2.75) is 37.4 Å². The number of aromatic nitrogens is 1. The zero-order valence-corrected chi connectivity index (χ0v) is 23.7. The summed E-state index contributed by atoms with van der Waals surface area (Å²) in [5.41, 5.74) is 3.45. The lowest BCUT2D eigenvalue weighted by molar-refractivity contribution is -0.214. The Hall–Kier alpha value is -3.28. The average Bonchev–Trinajstić information content (AvgIpc) is 3.35. The standard InChI is InChI=1S/C29H34N4O7S/c1-18-27(34)29(36)28(35)26(40-18)17-31-41(37,38)24(16-30)15-22-7-8-25(32(22)2)21-4-3-20-14-23(6-5-19(20)13-21)33-9-11-39-12-10-33/h3-8,13-15,18,26-29,31,34-36H,9-12,17H2,1-2H3. The van der Waals surface area contributed by atoms with Gasteiger partial charge in [-0.25, -0.2) is 13.1 Å². The van der Waals surface area contributed by atoms with Gasteiger partial charge in [-0.3, -0.25) is 0 Å². The minimum atomic E-state index is -4.27. The van der Waals surface area contributed by atoms with Gasteiger partial charge in [0.2, 0.25) is 0 Å². The van der Waals surface area contributed by atoms with Gasteiger partial charge in [-0.15, -0.1) is 0 Å². The second-order valence-electron chi connectivity index (χ2n) is 10.4. The fourth-order valence-electron chi connectivity index (χ4n) is 5.25. The summed E-state index contributed by atoms with van der Waals surface area (Å²) in [6, 6.07) is 17.9. The Morgan fingerprint density at radius 1 is 1.05 bits per heavy atom. The Morgan fingerprint density at radius 3 is 2.49 bits per heavy atom. The van der Waals surface area contributed by atoms with E-state index in [4.69, 9.17) is 9.47 Å². The van der Waals surface area contributed by atoms with Gasteiger partial charge in [0.15, 0.2) is 4.91 Å². The summed E-state index contributed by atoms with van der Waals surface area (Å²) >= 11 is 0. The third-order valence-corrected chi connectivity index (χ3v) is 9.10. The van der Waals surface area contributed by atoms with E-state index >= 15 is 0 Å². The number of nitrogens with zero attached hydrogens (tertiary/aromatic N) is 3. The van der Waals surface area contributed by atoms with E-state index in [0.717, 1.165) is 54.0 Å². The van der Waals surface area contributed by atoms with Crippen LogP contribution in [0.5, 0.6) is 0 Å². The van der Waals surface area contributed by atoms with Gasteiger partial charge in [-0.05, 0) is 59.7 Å². The SMILES string of the molecule is CC1OC(CNS(=O)(=O)C(C#N)=Cc2ccc(-c3ccc4cc(N5CCOCC5)ccc4c3)n2C)C(O)C(O)C1O. The second kappa shape index (κ2) is 11.9. The van der Waals surface area contributed by atoms with Crippen molar-refractivity contribution in [1.29, 1.82) is 5.26 Å². The highest BCUT2D eigenvalue weighted by Crippen LogP contribution is 2.29. The van der Waals surface area contributed by atoms with Crippen molar-refractivity contribution < 1.29 is 33.2 Å². The number of benzene rings is 2. The van der Waals surface area contributed by atoms with Crippen molar-refractivity contribution in [2.24, 2.45) is 7.05 Å². The lowest BCUT2D eigenvalue weighted by atomic mass is 9.96. The van der Waals surface area contributed by atoms with Crippen molar-refractivity contribution in [3.63, 3.8) is 0 Å². The van der Waals surface area contributed by atoms with E-state index in [9.17, 15) is 29.0 Å². The molecule has 0 radical (unpaired) electrons. The number of hydrogen-bond acceptors (Lipinski definition) is 9. The van der Waals surface area contributed by atoms with Crippen LogP contribution in [0.4, 0.5) is 5.69 Å². The summed E-state index contributed by atoms with van der Waals surface area (Å²) in [5, 5.41) is 41.9. The molecule has 12 heteroatoms. The third-order valence-electron chi connectivity index (χ3n) is 7.76. The molecule has 0 saturated carbocycles. The molecule has 4 N–H and O–H groups in total. The van der Waals surface area contributed by atoms with E-state index in [1.807, 2.05) is 16.7 Å². The molecule has 41 heavy (non-hydrogen) atoms. The molecule has 2 fully saturated rings. The van der Waals surface area contributed by atoms with E-state index in [-0.39, 0.29) is 6.54 Å². The van der Waals surface area contributed by atoms with Crippen molar-refractivity contribution in [2.75, 3.05) is 37.7 Å². The first kappa shape index (κ1) is 29.2.